The Morgan fingerprint density at radius 2 is 1.91 bits per heavy atom. The summed E-state index contributed by atoms with van der Waals surface area (Å²) in [6.07, 6.45) is -1.16. The van der Waals surface area contributed by atoms with E-state index in [1.807, 2.05) is 13.8 Å². The number of aliphatic hydroxyl groups excluding tert-OH is 1. The summed E-state index contributed by atoms with van der Waals surface area (Å²) in [4.78, 5) is 8.44. The van der Waals surface area contributed by atoms with Crippen LogP contribution in [0.4, 0.5) is 5.82 Å². The fraction of sp³-hybridized carbons (Fsp3) is 0.762. The topological polar surface area (TPSA) is 127 Å². The van der Waals surface area contributed by atoms with E-state index in [4.69, 9.17) is 24.4 Å². The first-order valence-electron chi connectivity index (χ1n) is 11.0. The second kappa shape index (κ2) is 7.71. The Balaban J connectivity index is 1.69. The molecule has 2 fully saturated rings. The van der Waals surface area contributed by atoms with Crippen LogP contribution >= 0.6 is 0 Å². The molecule has 2 aromatic rings. The molecule has 0 bridgehead atoms. The van der Waals surface area contributed by atoms with Crippen LogP contribution in [0.15, 0.2) is 6.33 Å². The molecule has 0 unspecified atom stereocenters. The molecular weight excluding hydrogens is 430 g/mol. The SMILES string of the molecule is C[C@@H](O)c1nn([C@@H]2O[C@H](CO[Si](C)(C)C(C)(C)C)[C@H]3OC(C)(C)O[C@H]32)c2ncnc(N)c12. The van der Waals surface area contributed by atoms with Gasteiger partial charge in [0.05, 0.1) is 18.1 Å². The molecule has 0 aliphatic carbocycles. The third-order valence-corrected chi connectivity index (χ3v) is 11.2. The van der Waals surface area contributed by atoms with Gasteiger partial charge < -0.3 is 29.5 Å². The normalized spacial score (nSPS) is 28.9. The lowest BCUT2D eigenvalue weighted by molar-refractivity contribution is -0.200. The number of anilines is 1. The van der Waals surface area contributed by atoms with Crippen molar-refractivity contribution in [3.05, 3.63) is 12.0 Å². The highest BCUT2D eigenvalue weighted by atomic mass is 28.4. The quantitative estimate of drug-likeness (QED) is 0.641. The first-order chi connectivity index (χ1) is 14.7. The molecular formula is C21H35N5O5Si. The van der Waals surface area contributed by atoms with Crippen LogP contribution in [-0.4, -0.2) is 63.9 Å². The summed E-state index contributed by atoms with van der Waals surface area (Å²) in [5.74, 6) is -0.509. The fourth-order valence-electron chi connectivity index (χ4n) is 3.99. The molecule has 2 aliphatic rings. The highest BCUT2D eigenvalue weighted by Crippen LogP contribution is 2.45. The van der Waals surface area contributed by atoms with Gasteiger partial charge in [-0.1, -0.05) is 20.8 Å². The summed E-state index contributed by atoms with van der Waals surface area (Å²) in [6.45, 7) is 16.8. The van der Waals surface area contributed by atoms with Gasteiger partial charge in [0.15, 0.2) is 26.0 Å². The predicted octanol–water partition coefficient (Wildman–Crippen LogP) is 2.90. The summed E-state index contributed by atoms with van der Waals surface area (Å²) >= 11 is 0. The number of hydrogen-bond donors (Lipinski definition) is 2. The zero-order chi connectivity index (χ0) is 23.6. The molecule has 0 aromatic carbocycles. The van der Waals surface area contributed by atoms with E-state index in [9.17, 15) is 5.11 Å². The molecule has 0 saturated carbocycles. The van der Waals surface area contributed by atoms with Crippen molar-refractivity contribution in [1.29, 1.82) is 0 Å². The molecule has 32 heavy (non-hydrogen) atoms. The van der Waals surface area contributed by atoms with Gasteiger partial charge in [0, 0.05) is 0 Å². The van der Waals surface area contributed by atoms with Gasteiger partial charge >= 0.3 is 0 Å². The summed E-state index contributed by atoms with van der Waals surface area (Å²) in [7, 11) is -1.98. The van der Waals surface area contributed by atoms with Crippen LogP contribution in [-0.2, 0) is 18.6 Å². The van der Waals surface area contributed by atoms with Gasteiger partial charge in [-0.2, -0.15) is 5.10 Å². The average molecular weight is 466 g/mol. The van der Waals surface area contributed by atoms with Crippen LogP contribution in [0.2, 0.25) is 18.1 Å². The van der Waals surface area contributed by atoms with Crippen molar-refractivity contribution in [2.45, 2.75) is 96.1 Å². The first-order valence-corrected chi connectivity index (χ1v) is 13.9. The number of ether oxygens (including phenoxy) is 3. The molecule has 2 saturated heterocycles. The maximum atomic E-state index is 10.3. The maximum Gasteiger partial charge on any atom is 0.192 e. The van der Waals surface area contributed by atoms with Gasteiger partial charge in [-0.3, -0.25) is 0 Å². The van der Waals surface area contributed by atoms with Gasteiger partial charge in [0.2, 0.25) is 0 Å². The van der Waals surface area contributed by atoms with E-state index in [2.05, 4.69) is 48.9 Å². The van der Waals surface area contributed by atoms with E-state index >= 15 is 0 Å². The Kier molecular flexibility index (Phi) is 5.67. The molecule has 2 aliphatic heterocycles. The van der Waals surface area contributed by atoms with Crippen LogP contribution in [0.1, 0.15) is 59.6 Å². The van der Waals surface area contributed by atoms with Crippen LogP contribution in [0.25, 0.3) is 11.0 Å². The van der Waals surface area contributed by atoms with E-state index < -0.39 is 32.5 Å². The molecule has 3 N–H and O–H groups in total. The largest absolute Gasteiger partial charge is 0.414 e. The number of rotatable bonds is 5. The molecule has 178 valence electrons. The molecule has 2 aromatic heterocycles. The van der Waals surface area contributed by atoms with Crippen molar-refractivity contribution >= 4 is 25.2 Å². The number of nitrogens with two attached hydrogens (primary N) is 1. The lowest BCUT2D eigenvalue weighted by atomic mass is 10.1. The number of fused-ring (bicyclic) bond motifs is 2. The first kappa shape index (κ1) is 23.5. The van der Waals surface area contributed by atoms with Crippen molar-refractivity contribution in [1.82, 2.24) is 19.7 Å². The lowest BCUT2D eigenvalue weighted by Crippen LogP contribution is -2.44. The van der Waals surface area contributed by atoms with Crippen LogP contribution in [0, 0.1) is 0 Å². The second-order valence-electron chi connectivity index (χ2n) is 10.7. The second-order valence-corrected chi connectivity index (χ2v) is 15.5. The molecule has 0 amide bonds. The zero-order valence-corrected chi connectivity index (χ0v) is 21.1. The van der Waals surface area contributed by atoms with E-state index in [0.717, 1.165) is 0 Å². The van der Waals surface area contributed by atoms with Crippen molar-refractivity contribution in [3.8, 4) is 0 Å². The Hall–Kier alpha value is -1.63. The van der Waals surface area contributed by atoms with Crippen molar-refractivity contribution in [3.63, 3.8) is 0 Å². The third-order valence-electron chi connectivity index (χ3n) is 6.72. The Bertz CT molecular complexity index is 1000. The standard InChI is InChI=1S/C21H35N5O5Si/c1-11(27)14-13-17(22)23-10-24-18(13)26(25-14)19-16-15(30-21(5,6)31-16)12(29-19)9-28-32(7,8)20(2,3)4/h10-12,15-16,19,27H,9H2,1-8H3,(H2,22,23,24)/t11-,12-,15-,16-,19-/m1/s1. The summed E-state index contributed by atoms with van der Waals surface area (Å²) in [5, 5.41) is 15.5. The predicted molar refractivity (Wildman–Crippen MR) is 121 cm³/mol. The number of aliphatic hydroxyl groups is 1. The third kappa shape index (κ3) is 3.95. The smallest absolute Gasteiger partial charge is 0.192 e. The Morgan fingerprint density at radius 1 is 1.25 bits per heavy atom. The lowest BCUT2D eigenvalue weighted by Gasteiger charge is -2.37. The van der Waals surface area contributed by atoms with Crippen LogP contribution in [0.5, 0.6) is 0 Å². The highest BCUT2D eigenvalue weighted by molar-refractivity contribution is 6.74. The average Bonchev–Trinajstić information content (AvgIpc) is 3.28. The van der Waals surface area contributed by atoms with Gasteiger partial charge in [0.25, 0.3) is 0 Å². The van der Waals surface area contributed by atoms with Crippen molar-refractivity contribution < 1.29 is 23.7 Å². The summed E-state index contributed by atoms with van der Waals surface area (Å²) in [5.41, 5.74) is 6.98. The number of nitrogen functional groups attached to an aromatic ring is 1. The molecule has 4 heterocycles. The zero-order valence-electron chi connectivity index (χ0n) is 20.1. The van der Waals surface area contributed by atoms with E-state index in [1.54, 1.807) is 11.6 Å². The van der Waals surface area contributed by atoms with Gasteiger partial charge in [0.1, 0.15) is 36.2 Å². The summed E-state index contributed by atoms with van der Waals surface area (Å²) in [6, 6.07) is 0. The Labute approximate surface area is 189 Å². The maximum absolute atomic E-state index is 10.3. The molecule has 11 heteroatoms. The summed E-state index contributed by atoms with van der Waals surface area (Å²) < 4.78 is 26.9. The minimum atomic E-state index is -1.98. The van der Waals surface area contributed by atoms with E-state index in [0.29, 0.717) is 23.3 Å². The Morgan fingerprint density at radius 3 is 2.53 bits per heavy atom. The molecule has 5 atom stereocenters. The van der Waals surface area contributed by atoms with Gasteiger partial charge in [-0.15, -0.1) is 0 Å². The van der Waals surface area contributed by atoms with Crippen molar-refractivity contribution in [2.24, 2.45) is 0 Å². The van der Waals surface area contributed by atoms with Crippen LogP contribution < -0.4 is 5.73 Å². The molecule has 0 spiro atoms. The monoisotopic (exact) mass is 465 g/mol. The number of aromatic nitrogens is 4. The van der Waals surface area contributed by atoms with Crippen molar-refractivity contribution in [2.75, 3.05) is 12.3 Å². The number of hydrogen-bond acceptors (Lipinski definition) is 9. The van der Waals surface area contributed by atoms with Gasteiger partial charge in [-0.25, -0.2) is 14.6 Å². The van der Waals surface area contributed by atoms with Gasteiger partial charge in [-0.05, 0) is 38.9 Å². The van der Waals surface area contributed by atoms with E-state index in [-0.39, 0.29) is 23.1 Å². The minimum absolute atomic E-state index is 0.0789. The highest BCUT2D eigenvalue weighted by Gasteiger charge is 2.57. The fourth-order valence-corrected chi connectivity index (χ4v) is 5.00. The number of nitrogens with zero attached hydrogens (tertiary/aromatic N) is 4. The van der Waals surface area contributed by atoms with Crippen LogP contribution in [0.3, 0.4) is 0 Å². The van der Waals surface area contributed by atoms with E-state index in [1.165, 1.54) is 6.33 Å². The minimum Gasteiger partial charge on any atom is -0.414 e. The molecule has 0 radical (unpaired) electrons. The molecule has 4 rings (SSSR count). The molecule has 10 nitrogen and oxygen atoms in total.